The predicted octanol–water partition coefficient (Wildman–Crippen LogP) is 3.45. The highest BCUT2D eigenvalue weighted by atomic mass is 32.2. The lowest BCUT2D eigenvalue weighted by Crippen LogP contribution is -2.47. The average molecular weight is 543 g/mol. The van der Waals surface area contributed by atoms with Gasteiger partial charge in [0.25, 0.3) is 5.91 Å². The van der Waals surface area contributed by atoms with Gasteiger partial charge in [0.1, 0.15) is 5.82 Å². The Balaban J connectivity index is 1.79. The first kappa shape index (κ1) is 29.1. The number of aliphatic hydroxyl groups excluding tert-OH is 1. The molecule has 0 saturated carbocycles. The van der Waals surface area contributed by atoms with Gasteiger partial charge in [-0.2, -0.15) is 0 Å². The molecular weight excluding hydrogens is 507 g/mol. The van der Waals surface area contributed by atoms with Crippen molar-refractivity contribution in [2.75, 3.05) is 36.1 Å². The van der Waals surface area contributed by atoms with E-state index in [4.69, 9.17) is 5.73 Å². The van der Waals surface area contributed by atoms with E-state index in [0.717, 1.165) is 21.7 Å². The van der Waals surface area contributed by atoms with Crippen LogP contribution in [0.1, 0.15) is 40.9 Å². The van der Waals surface area contributed by atoms with E-state index >= 15 is 0 Å². The van der Waals surface area contributed by atoms with Crippen LogP contribution in [0.25, 0.3) is 0 Å². The summed E-state index contributed by atoms with van der Waals surface area (Å²) in [6, 6.07) is 19.8. The molecule has 0 aromatic heterocycles. The number of hydrogen-bond acceptors (Lipinski definition) is 6. The zero-order valence-corrected chi connectivity index (χ0v) is 22.6. The molecular formula is C28H35FN4O4S. The van der Waals surface area contributed by atoms with E-state index in [2.05, 4.69) is 10.6 Å². The third-order valence-electron chi connectivity index (χ3n) is 6.42. The first-order valence-corrected chi connectivity index (χ1v) is 14.1. The molecule has 0 heterocycles. The van der Waals surface area contributed by atoms with Crippen LogP contribution in [0, 0.1) is 5.82 Å². The van der Waals surface area contributed by atoms with Crippen LogP contribution >= 0.6 is 0 Å². The van der Waals surface area contributed by atoms with Crippen LogP contribution in [-0.2, 0) is 16.4 Å². The molecule has 0 spiro atoms. The normalized spacial score (nSPS) is 13.8. The van der Waals surface area contributed by atoms with Gasteiger partial charge in [-0.15, -0.1) is 0 Å². The number of halogens is 1. The maximum atomic E-state index is 13.3. The van der Waals surface area contributed by atoms with Gasteiger partial charge in [-0.05, 0) is 61.2 Å². The quantitative estimate of drug-likeness (QED) is 0.278. The second kappa shape index (κ2) is 12.4. The number of rotatable bonds is 12. The number of carbonyl (C=O) groups is 1. The van der Waals surface area contributed by atoms with Gasteiger partial charge < -0.3 is 21.5 Å². The van der Waals surface area contributed by atoms with Crippen molar-refractivity contribution in [3.05, 3.63) is 95.3 Å². The predicted molar refractivity (Wildman–Crippen MR) is 149 cm³/mol. The van der Waals surface area contributed by atoms with E-state index in [1.165, 1.54) is 25.2 Å². The molecule has 3 aromatic carbocycles. The lowest BCUT2D eigenvalue weighted by atomic mass is 9.89. The number of nitrogens with zero attached hydrogens (tertiary/aromatic N) is 1. The van der Waals surface area contributed by atoms with Crippen LogP contribution in [0.4, 0.5) is 15.8 Å². The molecule has 0 aliphatic carbocycles. The highest BCUT2D eigenvalue weighted by Crippen LogP contribution is 2.25. The summed E-state index contributed by atoms with van der Waals surface area (Å²) in [6.07, 6.45) is 1.99. The third kappa shape index (κ3) is 8.01. The monoisotopic (exact) mass is 542 g/mol. The Bertz CT molecular complexity index is 1340. The second-order valence-electron chi connectivity index (χ2n) is 9.61. The largest absolute Gasteiger partial charge is 0.394 e. The number of nitrogens with two attached hydrogens (primary N) is 1. The van der Waals surface area contributed by atoms with Crippen molar-refractivity contribution in [1.29, 1.82) is 0 Å². The van der Waals surface area contributed by atoms with E-state index in [1.54, 1.807) is 31.2 Å². The van der Waals surface area contributed by atoms with E-state index < -0.39 is 27.5 Å². The first-order valence-electron chi connectivity index (χ1n) is 12.2. The number of carbonyl (C=O) groups excluding carboxylic acids is 1. The Morgan fingerprint density at radius 2 is 1.76 bits per heavy atom. The zero-order chi connectivity index (χ0) is 27.9. The summed E-state index contributed by atoms with van der Waals surface area (Å²) in [5, 5.41) is 16.1. The minimum absolute atomic E-state index is 0.213. The number of aliphatic hydroxyl groups is 1. The van der Waals surface area contributed by atoms with E-state index in [9.17, 15) is 22.7 Å². The van der Waals surface area contributed by atoms with Gasteiger partial charge in [-0.1, -0.05) is 42.5 Å². The average Bonchev–Trinajstić information content (AvgIpc) is 2.88. The molecule has 5 N–H and O–H groups in total. The summed E-state index contributed by atoms with van der Waals surface area (Å²) in [5.74, 6) is -0.785. The first-order chi connectivity index (χ1) is 17.9. The third-order valence-corrected chi connectivity index (χ3v) is 7.63. The molecule has 10 heteroatoms. The van der Waals surface area contributed by atoms with Gasteiger partial charge in [0, 0.05) is 30.4 Å². The van der Waals surface area contributed by atoms with Crippen molar-refractivity contribution in [1.82, 2.24) is 5.32 Å². The van der Waals surface area contributed by atoms with Crippen LogP contribution in [-0.4, -0.2) is 51.4 Å². The maximum Gasteiger partial charge on any atom is 0.251 e. The summed E-state index contributed by atoms with van der Waals surface area (Å²) in [6.45, 7) is 1.94. The van der Waals surface area contributed by atoms with Crippen molar-refractivity contribution < 1.29 is 22.7 Å². The van der Waals surface area contributed by atoms with Crippen LogP contribution in [0.15, 0.2) is 72.8 Å². The number of benzene rings is 3. The minimum Gasteiger partial charge on any atom is -0.394 e. The number of nitrogens with one attached hydrogen (secondary N) is 2. The number of sulfonamides is 1. The van der Waals surface area contributed by atoms with E-state index in [0.29, 0.717) is 30.8 Å². The number of amides is 1. The van der Waals surface area contributed by atoms with Crippen LogP contribution in [0.5, 0.6) is 0 Å². The summed E-state index contributed by atoms with van der Waals surface area (Å²) in [7, 11) is -2.17. The standard InChI is InChI=1S/C28H35FN4O4S/c1-20(22-9-11-24(29)12-10-22)32-27(35)23-15-25(17-26(16-23)33(2)38(3,36)37)31-14-13-28(30,19-34)18-21-7-5-4-6-8-21/h4-12,15-17,20,31,34H,13-14,18-19,30H2,1-3H3,(H,32,35)/t20-,28?/m1/s1. The van der Waals surface area contributed by atoms with Gasteiger partial charge in [0.2, 0.25) is 10.0 Å². The van der Waals surface area contributed by atoms with Crippen molar-refractivity contribution in [2.45, 2.75) is 31.3 Å². The molecule has 0 fully saturated rings. The van der Waals surface area contributed by atoms with Gasteiger partial charge in [0.15, 0.2) is 0 Å². The minimum atomic E-state index is -3.58. The Hall–Kier alpha value is -3.47. The van der Waals surface area contributed by atoms with Gasteiger partial charge >= 0.3 is 0 Å². The van der Waals surface area contributed by atoms with E-state index in [1.807, 2.05) is 30.3 Å². The summed E-state index contributed by atoms with van der Waals surface area (Å²) >= 11 is 0. The second-order valence-corrected chi connectivity index (χ2v) is 11.6. The van der Waals surface area contributed by atoms with Crippen molar-refractivity contribution in [3.8, 4) is 0 Å². The van der Waals surface area contributed by atoms with Crippen LogP contribution < -0.4 is 20.7 Å². The molecule has 1 unspecified atom stereocenters. The summed E-state index contributed by atoms with van der Waals surface area (Å²) in [5.41, 5.74) is 8.42. The fraction of sp³-hybridized carbons (Fsp3) is 0.321. The molecule has 2 atom stereocenters. The SMILES string of the molecule is C[C@@H](NC(=O)c1cc(NCCC(N)(CO)Cc2ccccc2)cc(N(C)S(C)(=O)=O)c1)c1ccc(F)cc1. The van der Waals surface area contributed by atoms with Gasteiger partial charge in [-0.3, -0.25) is 9.10 Å². The molecule has 1 amide bonds. The molecule has 204 valence electrons. The van der Waals surface area contributed by atoms with E-state index in [-0.39, 0.29) is 18.0 Å². The Morgan fingerprint density at radius 3 is 2.37 bits per heavy atom. The Labute approximate surface area is 223 Å². The van der Waals surface area contributed by atoms with Crippen molar-refractivity contribution in [2.24, 2.45) is 5.73 Å². The van der Waals surface area contributed by atoms with Gasteiger partial charge in [0.05, 0.1) is 24.6 Å². The molecule has 38 heavy (non-hydrogen) atoms. The molecule has 0 aliphatic heterocycles. The lowest BCUT2D eigenvalue weighted by molar-refractivity contribution is 0.0940. The van der Waals surface area contributed by atoms with Crippen LogP contribution in [0.3, 0.4) is 0 Å². The Kier molecular flexibility index (Phi) is 9.48. The fourth-order valence-electron chi connectivity index (χ4n) is 4.01. The smallest absolute Gasteiger partial charge is 0.251 e. The molecule has 0 saturated heterocycles. The lowest BCUT2D eigenvalue weighted by Gasteiger charge is -2.28. The maximum absolute atomic E-state index is 13.3. The topological polar surface area (TPSA) is 125 Å². The highest BCUT2D eigenvalue weighted by molar-refractivity contribution is 7.92. The molecule has 8 nitrogen and oxygen atoms in total. The Morgan fingerprint density at radius 1 is 1.11 bits per heavy atom. The highest BCUT2D eigenvalue weighted by Gasteiger charge is 2.24. The van der Waals surface area contributed by atoms with Crippen LogP contribution in [0.2, 0.25) is 0 Å². The van der Waals surface area contributed by atoms with Crippen molar-refractivity contribution >= 4 is 27.3 Å². The number of hydrogen-bond donors (Lipinski definition) is 4. The molecule has 3 aromatic rings. The summed E-state index contributed by atoms with van der Waals surface area (Å²) < 4.78 is 38.8. The molecule has 0 aliphatic rings. The summed E-state index contributed by atoms with van der Waals surface area (Å²) in [4.78, 5) is 13.1. The van der Waals surface area contributed by atoms with Crippen molar-refractivity contribution in [3.63, 3.8) is 0 Å². The molecule has 0 bridgehead atoms. The van der Waals surface area contributed by atoms with Gasteiger partial charge in [-0.25, -0.2) is 12.8 Å². The molecule has 0 radical (unpaired) electrons. The number of anilines is 2. The zero-order valence-electron chi connectivity index (χ0n) is 21.8. The molecule has 3 rings (SSSR count). The fourth-order valence-corrected chi connectivity index (χ4v) is 4.50.